The van der Waals surface area contributed by atoms with Gasteiger partial charge >= 0.3 is 5.97 Å². The van der Waals surface area contributed by atoms with E-state index in [4.69, 9.17) is 4.55 Å². The maximum atomic E-state index is 11.1. The lowest BCUT2D eigenvalue weighted by molar-refractivity contribution is -0.143. The van der Waals surface area contributed by atoms with E-state index in [-0.39, 0.29) is 26.0 Å². The van der Waals surface area contributed by atoms with Crippen LogP contribution in [-0.2, 0) is 24.4 Å². The zero-order chi connectivity index (χ0) is 13.3. The molecule has 0 saturated carbocycles. The van der Waals surface area contributed by atoms with Crippen molar-refractivity contribution in [1.29, 1.82) is 0 Å². The molecule has 0 aliphatic heterocycles. The lowest BCUT2D eigenvalue weighted by atomic mass is 10.4. The summed E-state index contributed by atoms with van der Waals surface area (Å²) in [5.41, 5.74) is 0. The van der Waals surface area contributed by atoms with Gasteiger partial charge in [-0.15, -0.1) is 0 Å². The quantitative estimate of drug-likeness (QED) is 0.268. The van der Waals surface area contributed by atoms with Gasteiger partial charge in [-0.3, -0.25) is 14.1 Å². The SMILES string of the molecule is C=CN(C=O)CCC(=O)OCCCS(=O)(=O)O. The summed E-state index contributed by atoms with van der Waals surface area (Å²) < 4.78 is 33.7. The fourth-order valence-electron chi connectivity index (χ4n) is 0.907. The summed E-state index contributed by atoms with van der Waals surface area (Å²) in [5.74, 6) is -0.998. The average molecular weight is 265 g/mol. The topological polar surface area (TPSA) is 101 Å². The van der Waals surface area contributed by atoms with E-state index >= 15 is 0 Å². The first-order chi connectivity index (χ1) is 7.89. The minimum atomic E-state index is -4.01. The van der Waals surface area contributed by atoms with Gasteiger partial charge in [-0.05, 0) is 12.6 Å². The second kappa shape index (κ2) is 7.80. The van der Waals surface area contributed by atoms with Crippen LogP contribution in [0.2, 0.25) is 0 Å². The zero-order valence-corrected chi connectivity index (χ0v) is 10.1. The number of rotatable bonds is 9. The van der Waals surface area contributed by atoms with Crippen molar-refractivity contribution >= 4 is 22.5 Å². The number of amides is 1. The average Bonchev–Trinajstić information content (AvgIpc) is 2.24. The van der Waals surface area contributed by atoms with Crippen molar-refractivity contribution in [2.45, 2.75) is 12.8 Å². The fourth-order valence-corrected chi connectivity index (χ4v) is 1.39. The number of hydrogen-bond donors (Lipinski definition) is 1. The van der Waals surface area contributed by atoms with Gasteiger partial charge in [-0.25, -0.2) is 0 Å². The Morgan fingerprint density at radius 3 is 2.59 bits per heavy atom. The Balaban J connectivity index is 3.67. The van der Waals surface area contributed by atoms with Crippen LogP contribution in [0.25, 0.3) is 0 Å². The number of ether oxygens (including phenoxy) is 1. The standard InChI is InChI=1S/C9H15NO6S/c1-2-10(8-11)5-4-9(12)16-6-3-7-17(13,14)15/h2,8H,1,3-7H2,(H,13,14,15). The van der Waals surface area contributed by atoms with Crippen LogP contribution in [-0.4, -0.2) is 49.2 Å². The van der Waals surface area contributed by atoms with Crippen LogP contribution in [0, 0.1) is 0 Å². The fraction of sp³-hybridized carbons (Fsp3) is 0.556. The van der Waals surface area contributed by atoms with Crippen LogP contribution < -0.4 is 0 Å². The highest BCUT2D eigenvalue weighted by atomic mass is 32.2. The van der Waals surface area contributed by atoms with Gasteiger partial charge in [0.25, 0.3) is 10.1 Å². The predicted molar refractivity (Wildman–Crippen MR) is 59.6 cm³/mol. The highest BCUT2D eigenvalue weighted by Gasteiger charge is 2.07. The second-order valence-electron chi connectivity index (χ2n) is 3.14. The summed E-state index contributed by atoms with van der Waals surface area (Å²) in [6.07, 6.45) is 1.83. The van der Waals surface area contributed by atoms with E-state index in [2.05, 4.69) is 11.3 Å². The van der Waals surface area contributed by atoms with Crippen molar-refractivity contribution in [3.63, 3.8) is 0 Å². The molecule has 17 heavy (non-hydrogen) atoms. The molecule has 0 atom stereocenters. The molecule has 7 nitrogen and oxygen atoms in total. The molecule has 0 aliphatic rings. The van der Waals surface area contributed by atoms with Crippen LogP contribution in [0.15, 0.2) is 12.8 Å². The molecular weight excluding hydrogens is 250 g/mol. The van der Waals surface area contributed by atoms with Crippen molar-refractivity contribution in [1.82, 2.24) is 4.90 Å². The minimum Gasteiger partial charge on any atom is -0.466 e. The molecular formula is C9H15NO6S. The van der Waals surface area contributed by atoms with E-state index in [0.29, 0.717) is 6.41 Å². The lowest BCUT2D eigenvalue weighted by Crippen LogP contribution is -2.20. The van der Waals surface area contributed by atoms with Crippen LogP contribution in [0.3, 0.4) is 0 Å². The smallest absolute Gasteiger partial charge is 0.307 e. The van der Waals surface area contributed by atoms with Gasteiger partial charge in [-0.2, -0.15) is 8.42 Å². The van der Waals surface area contributed by atoms with Gasteiger partial charge in [0.15, 0.2) is 0 Å². The van der Waals surface area contributed by atoms with E-state index in [1.54, 1.807) is 0 Å². The summed E-state index contributed by atoms with van der Waals surface area (Å²) in [4.78, 5) is 22.6. The second-order valence-corrected chi connectivity index (χ2v) is 4.71. The van der Waals surface area contributed by atoms with Crippen molar-refractivity contribution in [2.24, 2.45) is 0 Å². The number of carbonyl (C=O) groups is 2. The van der Waals surface area contributed by atoms with Gasteiger partial charge in [0, 0.05) is 6.54 Å². The van der Waals surface area contributed by atoms with E-state index < -0.39 is 21.8 Å². The van der Waals surface area contributed by atoms with Gasteiger partial charge in [0.2, 0.25) is 6.41 Å². The third kappa shape index (κ3) is 9.52. The number of hydrogen-bond acceptors (Lipinski definition) is 5. The van der Waals surface area contributed by atoms with E-state index in [0.717, 1.165) is 0 Å². The summed E-state index contributed by atoms with van der Waals surface area (Å²) in [6.45, 7) is 3.43. The summed E-state index contributed by atoms with van der Waals surface area (Å²) in [6, 6.07) is 0. The molecule has 0 aromatic carbocycles. The Bertz CT molecular complexity index is 356. The van der Waals surface area contributed by atoms with Gasteiger partial charge in [0.05, 0.1) is 18.8 Å². The normalized spacial score (nSPS) is 10.6. The highest BCUT2D eigenvalue weighted by Crippen LogP contribution is 1.94. The predicted octanol–water partition coefficient (Wildman–Crippen LogP) is -0.201. The Kier molecular flexibility index (Phi) is 7.15. The summed E-state index contributed by atoms with van der Waals surface area (Å²) in [7, 11) is -4.01. The van der Waals surface area contributed by atoms with Crippen LogP contribution in [0.1, 0.15) is 12.8 Å². The van der Waals surface area contributed by atoms with E-state index in [1.165, 1.54) is 11.1 Å². The van der Waals surface area contributed by atoms with Crippen LogP contribution in [0.4, 0.5) is 0 Å². The van der Waals surface area contributed by atoms with E-state index in [9.17, 15) is 18.0 Å². The third-order valence-electron chi connectivity index (χ3n) is 1.75. The largest absolute Gasteiger partial charge is 0.466 e. The van der Waals surface area contributed by atoms with Crippen molar-refractivity contribution in [3.8, 4) is 0 Å². The molecule has 1 N–H and O–H groups in total. The molecule has 0 fully saturated rings. The van der Waals surface area contributed by atoms with Crippen molar-refractivity contribution < 1.29 is 27.3 Å². The van der Waals surface area contributed by atoms with Crippen LogP contribution in [0.5, 0.6) is 0 Å². The van der Waals surface area contributed by atoms with Crippen molar-refractivity contribution in [2.75, 3.05) is 18.9 Å². The Morgan fingerprint density at radius 2 is 2.12 bits per heavy atom. The Labute approximate surface area is 99.8 Å². The molecule has 0 radical (unpaired) electrons. The molecule has 1 amide bonds. The molecule has 0 bridgehead atoms. The van der Waals surface area contributed by atoms with Gasteiger partial charge in [0.1, 0.15) is 0 Å². The Hall–Kier alpha value is -1.41. The molecule has 0 aromatic rings. The Morgan fingerprint density at radius 1 is 1.47 bits per heavy atom. The highest BCUT2D eigenvalue weighted by molar-refractivity contribution is 7.85. The molecule has 0 rings (SSSR count). The molecule has 0 aromatic heterocycles. The summed E-state index contributed by atoms with van der Waals surface area (Å²) in [5, 5.41) is 0. The molecule has 0 saturated heterocycles. The van der Waals surface area contributed by atoms with Crippen LogP contribution >= 0.6 is 0 Å². The zero-order valence-electron chi connectivity index (χ0n) is 9.24. The molecule has 0 spiro atoms. The van der Waals surface area contributed by atoms with Gasteiger partial charge < -0.3 is 9.64 Å². The first kappa shape index (κ1) is 15.6. The molecule has 0 heterocycles. The lowest BCUT2D eigenvalue weighted by Gasteiger charge is -2.10. The first-order valence-electron chi connectivity index (χ1n) is 4.83. The molecule has 0 aliphatic carbocycles. The molecule has 8 heteroatoms. The maximum absolute atomic E-state index is 11.1. The minimum absolute atomic E-state index is 0.00334. The molecule has 98 valence electrons. The van der Waals surface area contributed by atoms with Gasteiger partial charge in [-0.1, -0.05) is 6.58 Å². The summed E-state index contributed by atoms with van der Waals surface area (Å²) >= 11 is 0. The molecule has 0 unspecified atom stereocenters. The third-order valence-corrected chi connectivity index (χ3v) is 2.56. The van der Waals surface area contributed by atoms with E-state index in [1.807, 2.05) is 0 Å². The monoisotopic (exact) mass is 265 g/mol. The first-order valence-corrected chi connectivity index (χ1v) is 6.44. The van der Waals surface area contributed by atoms with Crippen molar-refractivity contribution in [3.05, 3.63) is 12.8 Å². The number of carbonyl (C=O) groups excluding carboxylic acids is 2. The number of nitrogens with zero attached hydrogens (tertiary/aromatic N) is 1. The number of esters is 1. The maximum Gasteiger partial charge on any atom is 0.307 e.